The Labute approximate surface area is 112 Å². The minimum atomic E-state index is 0.121. The number of imidazole rings is 1. The van der Waals surface area contributed by atoms with Crippen molar-refractivity contribution in [2.75, 3.05) is 18.8 Å². The van der Waals surface area contributed by atoms with Crippen LogP contribution in [0.2, 0.25) is 0 Å². The van der Waals surface area contributed by atoms with E-state index in [1.54, 1.807) is 6.20 Å². The largest absolute Gasteiger partial charge is 0.372 e. The first-order valence-corrected chi connectivity index (χ1v) is 7.08. The molecule has 0 saturated carbocycles. The van der Waals surface area contributed by atoms with Gasteiger partial charge >= 0.3 is 0 Å². The lowest BCUT2D eigenvalue weighted by Gasteiger charge is -2.35. The molecule has 0 N–H and O–H groups in total. The molecule has 0 aliphatic carbocycles. The molecule has 0 spiro atoms. The van der Waals surface area contributed by atoms with Gasteiger partial charge in [-0.15, -0.1) is 0 Å². The SMILES string of the molecule is C[C@H]1CN(C(=O)CSc2nccn2C)C[C@H](C)O1. The molecule has 5 nitrogen and oxygen atoms in total. The van der Waals surface area contributed by atoms with Crippen molar-refractivity contribution in [3.8, 4) is 0 Å². The van der Waals surface area contributed by atoms with E-state index in [-0.39, 0.29) is 18.1 Å². The number of carbonyl (C=O) groups is 1. The second kappa shape index (κ2) is 5.75. The molecule has 1 aromatic heterocycles. The van der Waals surface area contributed by atoms with Gasteiger partial charge in [0.25, 0.3) is 0 Å². The van der Waals surface area contributed by atoms with Gasteiger partial charge in [-0.2, -0.15) is 0 Å². The van der Waals surface area contributed by atoms with Crippen LogP contribution in [-0.2, 0) is 16.6 Å². The zero-order valence-corrected chi connectivity index (χ0v) is 11.8. The number of nitrogens with zero attached hydrogens (tertiary/aromatic N) is 3. The summed E-state index contributed by atoms with van der Waals surface area (Å²) in [5, 5.41) is 0.873. The van der Waals surface area contributed by atoms with Crippen molar-refractivity contribution in [3.63, 3.8) is 0 Å². The van der Waals surface area contributed by atoms with Gasteiger partial charge in [-0.05, 0) is 13.8 Å². The monoisotopic (exact) mass is 269 g/mol. The second-order valence-corrected chi connectivity index (χ2v) is 5.61. The highest BCUT2D eigenvalue weighted by Crippen LogP contribution is 2.17. The molecule has 1 aliphatic heterocycles. The summed E-state index contributed by atoms with van der Waals surface area (Å²) in [7, 11) is 1.93. The third-order valence-corrected chi connectivity index (χ3v) is 3.92. The maximum absolute atomic E-state index is 12.1. The van der Waals surface area contributed by atoms with Crippen LogP contribution in [-0.4, -0.2) is 51.4 Å². The Morgan fingerprint density at radius 3 is 2.72 bits per heavy atom. The van der Waals surface area contributed by atoms with E-state index >= 15 is 0 Å². The Kier molecular flexibility index (Phi) is 4.29. The Morgan fingerprint density at radius 1 is 1.50 bits per heavy atom. The van der Waals surface area contributed by atoms with Crippen molar-refractivity contribution < 1.29 is 9.53 Å². The van der Waals surface area contributed by atoms with Gasteiger partial charge in [0.15, 0.2) is 5.16 Å². The predicted molar refractivity (Wildman–Crippen MR) is 70.5 cm³/mol. The lowest BCUT2D eigenvalue weighted by Crippen LogP contribution is -2.48. The molecule has 1 aliphatic rings. The molecule has 1 amide bonds. The van der Waals surface area contributed by atoms with E-state index in [1.165, 1.54) is 11.8 Å². The second-order valence-electron chi connectivity index (χ2n) is 4.67. The van der Waals surface area contributed by atoms with Crippen molar-refractivity contribution in [1.82, 2.24) is 14.5 Å². The van der Waals surface area contributed by atoms with Crippen LogP contribution in [0.3, 0.4) is 0 Å². The summed E-state index contributed by atoms with van der Waals surface area (Å²) >= 11 is 1.48. The molecule has 100 valence electrons. The Balaban J connectivity index is 1.86. The van der Waals surface area contributed by atoms with E-state index in [1.807, 2.05) is 36.6 Å². The van der Waals surface area contributed by atoms with Crippen molar-refractivity contribution in [2.45, 2.75) is 31.2 Å². The number of hydrogen-bond donors (Lipinski definition) is 0. The lowest BCUT2D eigenvalue weighted by atomic mass is 10.2. The number of hydrogen-bond acceptors (Lipinski definition) is 4. The van der Waals surface area contributed by atoms with E-state index in [0.717, 1.165) is 5.16 Å². The Morgan fingerprint density at radius 2 is 2.17 bits per heavy atom. The fourth-order valence-electron chi connectivity index (χ4n) is 2.09. The van der Waals surface area contributed by atoms with Crippen LogP contribution in [0.15, 0.2) is 17.6 Å². The molecule has 0 aromatic carbocycles. The van der Waals surface area contributed by atoms with Crippen LogP contribution in [0.5, 0.6) is 0 Å². The van der Waals surface area contributed by atoms with Crippen molar-refractivity contribution >= 4 is 17.7 Å². The standard InChI is InChI=1S/C12H19N3O2S/c1-9-6-15(7-10(2)17-9)11(16)8-18-12-13-4-5-14(12)3/h4-5,9-10H,6-8H2,1-3H3/t9-,10-/m0/s1. The van der Waals surface area contributed by atoms with Crippen molar-refractivity contribution in [1.29, 1.82) is 0 Å². The van der Waals surface area contributed by atoms with Gasteiger partial charge in [-0.1, -0.05) is 11.8 Å². The first-order chi connectivity index (χ1) is 8.56. The normalized spacial score (nSPS) is 24.3. The molecular weight excluding hydrogens is 250 g/mol. The molecule has 18 heavy (non-hydrogen) atoms. The number of carbonyl (C=O) groups excluding carboxylic acids is 1. The summed E-state index contributed by atoms with van der Waals surface area (Å²) in [5.74, 6) is 0.592. The van der Waals surface area contributed by atoms with Gasteiger partial charge in [0.05, 0.1) is 18.0 Å². The van der Waals surface area contributed by atoms with Crippen LogP contribution in [0.25, 0.3) is 0 Å². The van der Waals surface area contributed by atoms with Gasteiger partial charge in [0.2, 0.25) is 5.91 Å². The molecule has 1 aromatic rings. The van der Waals surface area contributed by atoms with Gasteiger partial charge in [-0.3, -0.25) is 4.79 Å². The molecule has 2 atom stereocenters. The van der Waals surface area contributed by atoms with Crippen LogP contribution >= 0.6 is 11.8 Å². The quantitative estimate of drug-likeness (QED) is 0.772. The molecular formula is C12H19N3O2S. The highest BCUT2D eigenvalue weighted by molar-refractivity contribution is 7.99. The maximum Gasteiger partial charge on any atom is 0.233 e. The first-order valence-electron chi connectivity index (χ1n) is 6.09. The minimum absolute atomic E-state index is 0.121. The maximum atomic E-state index is 12.1. The highest BCUT2D eigenvalue weighted by atomic mass is 32.2. The smallest absolute Gasteiger partial charge is 0.233 e. The number of ether oxygens (including phenoxy) is 1. The number of thioether (sulfide) groups is 1. The van der Waals surface area contributed by atoms with E-state index in [4.69, 9.17) is 4.74 Å². The molecule has 6 heteroatoms. The topological polar surface area (TPSA) is 47.4 Å². The fraction of sp³-hybridized carbons (Fsp3) is 0.667. The van der Waals surface area contributed by atoms with Gasteiger partial charge in [0, 0.05) is 32.5 Å². The van der Waals surface area contributed by atoms with E-state index in [2.05, 4.69) is 4.98 Å². The lowest BCUT2D eigenvalue weighted by molar-refractivity contribution is -0.140. The summed E-state index contributed by atoms with van der Waals surface area (Å²) in [6.07, 6.45) is 3.86. The summed E-state index contributed by atoms with van der Waals surface area (Å²) in [6, 6.07) is 0. The van der Waals surface area contributed by atoms with Crippen LogP contribution < -0.4 is 0 Å². The van der Waals surface area contributed by atoms with Crippen LogP contribution in [0, 0.1) is 0 Å². The molecule has 0 radical (unpaired) electrons. The molecule has 2 rings (SSSR count). The zero-order chi connectivity index (χ0) is 13.1. The molecule has 1 fully saturated rings. The van der Waals surface area contributed by atoms with Gasteiger partial charge in [0.1, 0.15) is 0 Å². The summed E-state index contributed by atoms with van der Waals surface area (Å²) in [5.41, 5.74) is 0. The Bertz CT molecular complexity index is 411. The molecule has 0 unspecified atom stereocenters. The number of amides is 1. The number of aryl methyl sites for hydroxylation is 1. The van der Waals surface area contributed by atoms with E-state index < -0.39 is 0 Å². The molecule has 1 saturated heterocycles. The highest BCUT2D eigenvalue weighted by Gasteiger charge is 2.25. The van der Waals surface area contributed by atoms with Gasteiger partial charge < -0.3 is 14.2 Å². The summed E-state index contributed by atoms with van der Waals surface area (Å²) in [4.78, 5) is 18.2. The first kappa shape index (κ1) is 13.4. The van der Waals surface area contributed by atoms with Crippen LogP contribution in [0.1, 0.15) is 13.8 Å². The molecule has 2 heterocycles. The van der Waals surface area contributed by atoms with E-state index in [9.17, 15) is 4.79 Å². The van der Waals surface area contributed by atoms with Crippen molar-refractivity contribution in [3.05, 3.63) is 12.4 Å². The summed E-state index contributed by atoms with van der Waals surface area (Å²) in [6.45, 7) is 5.37. The Hall–Kier alpha value is -1.01. The predicted octanol–water partition coefficient (Wildman–Crippen LogP) is 1.15. The minimum Gasteiger partial charge on any atom is -0.372 e. The van der Waals surface area contributed by atoms with E-state index in [0.29, 0.717) is 18.8 Å². The number of morpholine rings is 1. The fourth-order valence-corrected chi connectivity index (χ4v) is 2.93. The number of rotatable bonds is 3. The summed E-state index contributed by atoms with van der Waals surface area (Å²) < 4.78 is 7.54. The average Bonchev–Trinajstić information content (AvgIpc) is 2.70. The third-order valence-electron chi connectivity index (χ3n) is 2.87. The number of aromatic nitrogens is 2. The average molecular weight is 269 g/mol. The molecule has 0 bridgehead atoms. The van der Waals surface area contributed by atoms with Gasteiger partial charge in [-0.25, -0.2) is 4.98 Å². The van der Waals surface area contributed by atoms with Crippen LogP contribution in [0.4, 0.5) is 0 Å². The van der Waals surface area contributed by atoms with Crippen molar-refractivity contribution in [2.24, 2.45) is 7.05 Å². The zero-order valence-electron chi connectivity index (χ0n) is 11.0. The third kappa shape index (κ3) is 3.26.